The summed E-state index contributed by atoms with van der Waals surface area (Å²) in [5.74, 6) is 2.37. The molecule has 1 aliphatic carbocycles. The molecule has 2 heterocycles. The van der Waals surface area contributed by atoms with Crippen LogP contribution in [0, 0.1) is 0 Å². The van der Waals surface area contributed by atoms with E-state index in [1.807, 2.05) is 38.1 Å². The van der Waals surface area contributed by atoms with Gasteiger partial charge in [0, 0.05) is 24.4 Å². The molecule has 7 nitrogen and oxygen atoms in total. The summed E-state index contributed by atoms with van der Waals surface area (Å²) in [6, 6.07) is 13.7. The zero-order valence-corrected chi connectivity index (χ0v) is 21.3. The lowest BCUT2D eigenvalue weighted by molar-refractivity contribution is -0.122. The molecule has 1 N–H and O–H groups in total. The number of carbonyl (C=O) groups excluding carboxylic acids is 2. The normalized spacial score (nSPS) is 22.6. The molecule has 2 atom stereocenters. The number of fused-ring (bicyclic) bond motifs is 1. The SMILES string of the molecule is CC(C)Oc1ccc(C(=O)CCCC(=O)NC2(Cc3ccc4c(c3)OCO4)CC2N2CCCC2)cc1. The summed E-state index contributed by atoms with van der Waals surface area (Å²) >= 11 is 0. The van der Waals surface area contributed by atoms with Crippen LogP contribution < -0.4 is 19.5 Å². The minimum atomic E-state index is -0.259. The summed E-state index contributed by atoms with van der Waals surface area (Å²) in [5, 5.41) is 3.37. The molecule has 7 heteroatoms. The second-order valence-corrected chi connectivity index (χ2v) is 10.5. The second kappa shape index (κ2) is 10.5. The lowest BCUT2D eigenvalue weighted by Crippen LogP contribution is -2.45. The number of ketones is 1. The summed E-state index contributed by atoms with van der Waals surface area (Å²) in [6.45, 7) is 6.39. The minimum absolute atomic E-state index is 0.0194. The Morgan fingerprint density at radius 2 is 1.81 bits per heavy atom. The molecule has 0 aromatic heterocycles. The number of nitrogens with zero attached hydrogens (tertiary/aromatic N) is 1. The highest BCUT2D eigenvalue weighted by Crippen LogP contribution is 2.45. The molecule has 5 rings (SSSR count). The van der Waals surface area contributed by atoms with Crippen molar-refractivity contribution in [1.29, 1.82) is 0 Å². The Bertz CT molecular complexity index is 1090. The molecule has 1 saturated carbocycles. The third-order valence-corrected chi connectivity index (χ3v) is 7.32. The van der Waals surface area contributed by atoms with Gasteiger partial charge >= 0.3 is 0 Å². The van der Waals surface area contributed by atoms with Crippen LogP contribution in [-0.2, 0) is 11.2 Å². The second-order valence-electron chi connectivity index (χ2n) is 10.5. The van der Waals surface area contributed by atoms with Crippen molar-refractivity contribution in [3.8, 4) is 17.2 Å². The van der Waals surface area contributed by atoms with E-state index in [0.717, 1.165) is 48.7 Å². The Hall–Kier alpha value is -3.06. The molecule has 36 heavy (non-hydrogen) atoms. The molecule has 2 fully saturated rings. The number of hydrogen-bond acceptors (Lipinski definition) is 6. The standard InChI is InChI=1S/C29H36N2O5/c1-20(2)36-23-11-9-22(10-12-23)24(32)6-5-7-28(33)30-29(18-27(29)31-14-3-4-15-31)17-21-8-13-25-26(16-21)35-19-34-25/h8-13,16,20,27H,3-7,14-15,17-19H2,1-2H3,(H,30,33). The van der Waals surface area contributed by atoms with E-state index in [-0.39, 0.29) is 30.1 Å². The van der Waals surface area contributed by atoms with Gasteiger partial charge in [-0.05, 0) is 101 Å². The third kappa shape index (κ3) is 5.67. The Kier molecular flexibility index (Phi) is 7.19. The van der Waals surface area contributed by atoms with Gasteiger partial charge in [0.05, 0.1) is 11.6 Å². The van der Waals surface area contributed by atoms with Gasteiger partial charge in [0.15, 0.2) is 17.3 Å². The van der Waals surface area contributed by atoms with Crippen LogP contribution in [-0.4, -0.2) is 54.2 Å². The zero-order chi connectivity index (χ0) is 25.1. The summed E-state index contributed by atoms with van der Waals surface area (Å²) in [7, 11) is 0. The van der Waals surface area contributed by atoms with E-state index in [2.05, 4.69) is 16.3 Å². The molecule has 2 aromatic carbocycles. The first kappa shape index (κ1) is 24.6. The predicted octanol–water partition coefficient (Wildman–Crippen LogP) is 4.52. The van der Waals surface area contributed by atoms with E-state index in [1.165, 1.54) is 12.8 Å². The van der Waals surface area contributed by atoms with Crippen molar-refractivity contribution in [2.24, 2.45) is 0 Å². The van der Waals surface area contributed by atoms with Crippen LogP contribution in [0.4, 0.5) is 0 Å². The van der Waals surface area contributed by atoms with Crippen molar-refractivity contribution in [2.75, 3.05) is 19.9 Å². The number of hydrogen-bond donors (Lipinski definition) is 1. The first-order valence-corrected chi connectivity index (χ1v) is 13.2. The summed E-state index contributed by atoms with van der Waals surface area (Å²) in [6.07, 6.45) is 5.47. The van der Waals surface area contributed by atoms with Gasteiger partial charge in [0.2, 0.25) is 12.7 Å². The lowest BCUT2D eigenvalue weighted by Gasteiger charge is -2.24. The topological polar surface area (TPSA) is 77.1 Å². The third-order valence-electron chi connectivity index (χ3n) is 7.32. The lowest BCUT2D eigenvalue weighted by atomic mass is 10.0. The maximum absolute atomic E-state index is 13.0. The van der Waals surface area contributed by atoms with E-state index in [0.29, 0.717) is 30.9 Å². The van der Waals surface area contributed by atoms with Gasteiger partial charge in [0.25, 0.3) is 0 Å². The fraction of sp³-hybridized carbons (Fsp3) is 0.517. The Morgan fingerprint density at radius 1 is 1.06 bits per heavy atom. The number of nitrogens with one attached hydrogen (secondary N) is 1. The van der Waals surface area contributed by atoms with Gasteiger partial charge in [-0.25, -0.2) is 0 Å². The van der Waals surface area contributed by atoms with Crippen LogP contribution in [0.15, 0.2) is 42.5 Å². The van der Waals surface area contributed by atoms with Gasteiger partial charge in [-0.15, -0.1) is 0 Å². The van der Waals surface area contributed by atoms with Crippen molar-refractivity contribution < 1.29 is 23.8 Å². The largest absolute Gasteiger partial charge is 0.491 e. The Labute approximate surface area is 213 Å². The van der Waals surface area contributed by atoms with Gasteiger partial charge in [-0.2, -0.15) is 0 Å². The zero-order valence-electron chi connectivity index (χ0n) is 21.3. The molecule has 2 aliphatic heterocycles. The van der Waals surface area contributed by atoms with Gasteiger partial charge in [-0.1, -0.05) is 6.07 Å². The average Bonchev–Trinajstić information content (AvgIpc) is 3.23. The number of benzene rings is 2. The molecule has 0 radical (unpaired) electrons. The number of likely N-dealkylation sites (tertiary alicyclic amines) is 1. The van der Waals surface area contributed by atoms with E-state index in [4.69, 9.17) is 14.2 Å². The van der Waals surface area contributed by atoms with Crippen molar-refractivity contribution >= 4 is 11.7 Å². The highest BCUT2D eigenvalue weighted by Gasteiger charge is 2.58. The highest BCUT2D eigenvalue weighted by atomic mass is 16.7. The monoisotopic (exact) mass is 492 g/mol. The number of rotatable bonds is 11. The highest BCUT2D eigenvalue weighted by molar-refractivity contribution is 5.96. The molecule has 192 valence electrons. The number of Topliss-reactive ketones (excluding diaryl/α,β-unsaturated/α-hetero) is 1. The van der Waals surface area contributed by atoms with Gasteiger partial charge in [0.1, 0.15) is 5.75 Å². The van der Waals surface area contributed by atoms with Crippen molar-refractivity contribution in [3.63, 3.8) is 0 Å². The molecule has 0 bridgehead atoms. The number of amides is 1. The fourth-order valence-corrected chi connectivity index (χ4v) is 5.49. The Balaban J connectivity index is 1.16. The van der Waals surface area contributed by atoms with Crippen LogP contribution in [0.1, 0.15) is 68.3 Å². The van der Waals surface area contributed by atoms with Gasteiger partial charge < -0.3 is 19.5 Å². The smallest absolute Gasteiger partial charge is 0.231 e. The van der Waals surface area contributed by atoms with E-state index in [9.17, 15) is 9.59 Å². The minimum Gasteiger partial charge on any atom is -0.491 e. The summed E-state index contributed by atoms with van der Waals surface area (Å²) < 4.78 is 16.6. The molecule has 1 amide bonds. The van der Waals surface area contributed by atoms with E-state index >= 15 is 0 Å². The molecular formula is C29H36N2O5. The first-order valence-electron chi connectivity index (χ1n) is 13.2. The van der Waals surface area contributed by atoms with Crippen LogP contribution in [0.25, 0.3) is 0 Å². The van der Waals surface area contributed by atoms with Crippen molar-refractivity contribution in [3.05, 3.63) is 53.6 Å². The van der Waals surface area contributed by atoms with Crippen molar-refractivity contribution in [2.45, 2.75) is 76.5 Å². The number of ether oxygens (including phenoxy) is 3. The molecule has 2 aromatic rings. The quantitative estimate of drug-likeness (QED) is 0.465. The summed E-state index contributed by atoms with van der Waals surface area (Å²) in [5.41, 5.74) is 1.54. The van der Waals surface area contributed by atoms with Crippen LogP contribution in [0.2, 0.25) is 0 Å². The molecule has 0 spiro atoms. The molecule has 2 unspecified atom stereocenters. The number of carbonyl (C=O) groups is 2. The van der Waals surface area contributed by atoms with Crippen molar-refractivity contribution in [1.82, 2.24) is 10.2 Å². The summed E-state index contributed by atoms with van der Waals surface area (Å²) in [4.78, 5) is 28.1. The van der Waals surface area contributed by atoms with Crippen LogP contribution in [0.3, 0.4) is 0 Å². The Morgan fingerprint density at radius 3 is 2.56 bits per heavy atom. The first-order chi connectivity index (χ1) is 17.4. The maximum Gasteiger partial charge on any atom is 0.231 e. The van der Waals surface area contributed by atoms with Gasteiger partial charge in [-0.3, -0.25) is 14.5 Å². The molecule has 1 saturated heterocycles. The van der Waals surface area contributed by atoms with E-state index in [1.54, 1.807) is 12.1 Å². The predicted molar refractivity (Wildman–Crippen MR) is 137 cm³/mol. The fourth-order valence-electron chi connectivity index (χ4n) is 5.49. The van der Waals surface area contributed by atoms with E-state index < -0.39 is 0 Å². The maximum atomic E-state index is 13.0. The molecule has 3 aliphatic rings. The van der Waals surface area contributed by atoms with Crippen LogP contribution >= 0.6 is 0 Å². The average molecular weight is 493 g/mol. The molecular weight excluding hydrogens is 456 g/mol. The van der Waals surface area contributed by atoms with Crippen LogP contribution in [0.5, 0.6) is 17.2 Å².